The van der Waals surface area contributed by atoms with Crippen molar-refractivity contribution in [1.82, 2.24) is 0 Å². The minimum atomic E-state index is -0.427. The summed E-state index contributed by atoms with van der Waals surface area (Å²) in [5.41, 5.74) is 0.769. The van der Waals surface area contributed by atoms with Crippen molar-refractivity contribution in [1.29, 1.82) is 0 Å². The Morgan fingerprint density at radius 3 is 1.79 bits per heavy atom. The molecule has 0 N–H and O–H groups in total. The van der Waals surface area contributed by atoms with Crippen molar-refractivity contribution in [2.24, 2.45) is 0 Å². The van der Waals surface area contributed by atoms with Crippen molar-refractivity contribution in [2.75, 3.05) is 4.31 Å². The Kier molecular flexibility index (Phi) is 5.82. The Morgan fingerprint density at radius 1 is 0.708 bits per heavy atom. The Morgan fingerprint density at radius 2 is 1.21 bits per heavy atom. The van der Waals surface area contributed by atoms with Gasteiger partial charge in [0, 0.05) is 9.79 Å². The molecule has 0 unspecified atom stereocenters. The number of carbonyl (C=O) groups is 1. The van der Waals surface area contributed by atoms with Crippen LogP contribution in [-0.2, 0) is 4.18 Å². The van der Waals surface area contributed by atoms with Crippen LogP contribution in [0.3, 0.4) is 0 Å². The number of benzene rings is 3. The Bertz CT molecular complexity index is 767. The van der Waals surface area contributed by atoms with Crippen LogP contribution in [0.1, 0.15) is 0 Å². The summed E-state index contributed by atoms with van der Waals surface area (Å²) in [5.74, 6) is 0. The van der Waals surface area contributed by atoms with E-state index in [0.717, 1.165) is 27.5 Å². The normalized spacial score (nSPS) is 10.2. The Balaban J connectivity index is 1.75. The van der Waals surface area contributed by atoms with Crippen LogP contribution in [0.25, 0.3) is 0 Å². The first-order valence-corrected chi connectivity index (χ1v) is 8.86. The van der Waals surface area contributed by atoms with E-state index >= 15 is 0 Å². The van der Waals surface area contributed by atoms with Gasteiger partial charge in [0.05, 0.1) is 17.7 Å². The molecule has 3 nitrogen and oxygen atoms in total. The average Bonchev–Trinajstić information content (AvgIpc) is 2.66. The summed E-state index contributed by atoms with van der Waals surface area (Å²) in [6, 6.07) is 28.7. The van der Waals surface area contributed by atoms with Gasteiger partial charge in [-0.2, -0.15) is 0 Å². The lowest BCUT2D eigenvalue weighted by molar-refractivity contribution is 0.220. The second-order valence-corrected chi connectivity index (χ2v) is 6.60. The summed E-state index contributed by atoms with van der Waals surface area (Å²) in [4.78, 5) is 14.4. The Labute approximate surface area is 150 Å². The van der Waals surface area contributed by atoms with Gasteiger partial charge in [-0.05, 0) is 48.3 Å². The molecule has 3 aromatic rings. The van der Waals surface area contributed by atoms with Gasteiger partial charge in [0.1, 0.15) is 0 Å². The van der Waals surface area contributed by atoms with E-state index in [1.165, 1.54) is 11.9 Å². The highest BCUT2D eigenvalue weighted by Gasteiger charge is 2.20. The number of rotatable bonds is 5. The number of para-hydroxylation sites is 1. The van der Waals surface area contributed by atoms with Crippen LogP contribution in [0.5, 0.6) is 0 Å². The quantitative estimate of drug-likeness (QED) is 0.413. The molecule has 0 heterocycles. The molecule has 0 bridgehead atoms. The first-order valence-electron chi connectivity index (χ1n) is 7.35. The summed E-state index contributed by atoms with van der Waals surface area (Å²) >= 11 is 2.39. The molecular formula is C19H15NO2S2. The SMILES string of the molecule is O=C(OSc1ccccc1)N(Sc1ccccc1)c1ccccc1. The van der Waals surface area contributed by atoms with Crippen molar-refractivity contribution in [2.45, 2.75) is 9.79 Å². The van der Waals surface area contributed by atoms with Crippen molar-refractivity contribution in [3.05, 3.63) is 91.0 Å². The predicted octanol–water partition coefficient (Wildman–Crippen LogP) is 6.04. The highest BCUT2D eigenvalue weighted by atomic mass is 32.2. The van der Waals surface area contributed by atoms with Gasteiger partial charge in [0.15, 0.2) is 0 Å². The number of nitrogens with zero attached hydrogens (tertiary/aromatic N) is 1. The first kappa shape index (κ1) is 16.5. The van der Waals surface area contributed by atoms with E-state index in [1.807, 2.05) is 91.0 Å². The zero-order valence-corrected chi connectivity index (χ0v) is 14.4. The van der Waals surface area contributed by atoms with E-state index in [1.54, 1.807) is 4.31 Å². The fourth-order valence-electron chi connectivity index (χ4n) is 1.94. The van der Waals surface area contributed by atoms with Gasteiger partial charge in [0.25, 0.3) is 0 Å². The highest BCUT2D eigenvalue weighted by Crippen LogP contribution is 2.31. The summed E-state index contributed by atoms with van der Waals surface area (Å²) < 4.78 is 6.95. The first-order chi connectivity index (χ1) is 11.8. The van der Waals surface area contributed by atoms with Crippen molar-refractivity contribution >= 4 is 35.8 Å². The van der Waals surface area contributed by atoms with Crippen LogP contribution in [-0.4, -0.2) is 6.09 Å². The smallest absolute Gasteiger partial charge is 0.369 e. The van der Waals surface area contributed by atoms with Gasteiger partial charge in [0.2, 0.25) is 0 Å². The van der Waals surface area contributed by atoms with E-state index in [-0.39, 0.29) is 0 Å². The van der Waals surface area contributed by atoms with Gasteiger partial charge in [-0.15, -0.1) is 0 Å². The zero-order valence-electron chi connectivity index (χ0n) is 12.7. The molecule has 0 radical (unpaired) electrons. The third-order valence-electron chi connectivity index (χ3n) is 3.05. The number of hydrogen-bond donors (Lipinski definition) is 0. The molecule has 0 fully saturated rings. The van der Waals surface area contributed by atoms with Crippen LogP contribution in [0.4, 0.5) is 10.5 Å². The molecule has 1 amide bonds. The van der Waals surface area contributed by atoms with Crippen LogP contribution in [0, 0.1) is 0 Å². The standard InChI is InChI=1S/C19H15NO2S2/c21-19(22-24-18-14-8-3-9-15-18)20(16-10-4-1-5-11-16)23-17-12-6-2-7-13-17/h1-15H. The lowest BCUT2D eigenvalue weighted by Gasteiger charge is -2.20. The number of hydrogen-bond acceptors (Lipinski definition) is 4. The molecule has 0 aliphatic heterocycles. The van der Waals surface area contributed by atoms with Crippen molar-refractivity contribution < 1.29 is 8.98 Å². The third-order valence-corrected chi connectivity index (χ3v) is 4.76. The molecule has 24 heavy (non-hydrogen) atoms. The van der Waals surface area contributed by atoms with Gasteiger partial charge in [-0.3, -0.25) is 0 Å². The second kappa shape index (κ2) is 8.47. The second-order valence-electron chi connectivity index (χ2n) is 4.78. The van der Waals surface area contributed by atoms with Crippen molar-refractivity contribution in [3.63, 3.8) is 0 Å². The molecule has 0 aliphatic rings. The molecule has 0 aliphatic carbocycles. The zero-order chi connectivity index (χ0) is 16.6. The van der Waals surface area contributed by atoms with Crippen LogP contribution < -0.4 is 4.31 Å². The topological polar surface area (TPSA) is 29.5 Å². The third kappa shape index (κ3) is 4.57. The predicted molar refractivity (Wildman–Crippen MR) is 100 cm³/mol. The fourth-order valence-corrected chi connectivity index (χ4v) is 3.33. The molecule has 5 heteroatoms. The van der Waals surface area contributed by atoms with E-state index in [9.17, 15) is 4.79 Å². The lowest BCUT2D eigenvalue weighted by Crippen LogP contribution is -2.22. The van der Waals surface area contributed by atoms with Gasteiger partial charge in [-0.1, -0.05) is 54.6 Å². The van der Waals surface area contributed by atoms with E-state index in [2.05, 4.69) is 0 Å². The van der Waals surface area contributed by atoms with Crippen LogP contribution >= 0.6 is 24.0 Å². The molecule has 0 aromatic heterocycles. The molecule has 3 rings (SSSR count). The van der Waals surface area contributed by atoms with Crippen molar-refractivity contribution in [3.8, 4) is 0 Å². The summed E-state index contributed by atoms with van der Waals surface area (Å²) in [6.07, 6.45) is -0.427. The van der Waals surface area contributed by atoms with Gasteiger partial charge in [-0.25, -0.2) is 9.10 Å². The summed E-state index contributed by atoms with van der Waals surface area (Å²) in [5, 5.41) is 0. The summed E-state index contributed by atoms with van der Waals surface area (Å²) in [6.45, 7) is 0. The molecule has 0 saturated heterocycles. The largest absolute Gasteiger partial charge is 0.437 e. The fraction of sp³-hybridized carbons (Fsp3) is 0. The minimum absolute atomic E-state index is 0.427. The highest BCUT2D eigenvalue weighted by molar-refractivity contribution is 8.01. The maximum absolute atomic E-state index is 12.6. The van der Waals surface area contributed by atoms with Gasteiger partial charge >= 0.3 is 6.09 Å². The van der Waals surface area contributed by atoms with Crippen LogP contribution in [0.15, 0.2) is 101 Å². The van der Waals surface area contributed by atoms with E-state index in [4.69, 9.17) is 4.18 Å². The number of anilines is 1. The van der Waals surface area contributed by atoms with Crippen LogP contribution in [0.2, 0.25) is 0 Å². The van der Waals surface area contributed by atoms with E-state index in [0.29, 0.717) is 0 Å². The average molecular weight is 353 g/mol. The molecule has 0 spiro atoms. The van der Waals surface area contributed by atoms with E-state index < -0.39 is 6.09 Å². The number of carbonyl (C=O) groups excluding carboxylic acids is 1. The molecular weight excluding hydrogens is 338 g/mol. The van der Waals surface area contributed by atoms with Gasteiger partial charge < -0.3 is 4.18 Å². The lowest BCUT2D eigenvalue weighted by atomic mass is 10.3. The maximum Gasteiger partial charge on any atom is 0.437 e. The monoisotopic (exact) mass is 353 g/mol. The molecule has 0 atom stereocenters. The minimum Gasteiger partial charge on any atom is -0.369 e. The summed E-state index contributed by atoms with van der Waals surface area (Å²) in [7, 11) is 0. The molecule has 3 aromatic carbocycles. The number of amides is 1. The molecule has 0 saturated carbocycles. The molecule has 120 valence electrons. The Hall–Kier alpha value is -2.37. The maximum atomic E-state index is 12.6.